The van der Waals surface area contributed by atoms with Gasteiger partial charge in [0.2, 0.25) is 6.10 Å². The fourth-order valence-corrected chi connectivity index (χ4v) is 4.10. The van der Waals surface area contributed by atoms with Crippen LogP contribution in [-0.2, 0) is 16.0 Å². The van der Waals surface area contributed by atoms with Crippen molar-refractivity contribution in [1.82, 2.24) is 4.90 Å². The van der Waals surface area contributed by atoms with Crippen LogP contribution < -0.4 is 9.47 Å². The molecule has 0 amide bonds. The van der Waals surface area contributed by atoms with E-state index in [1.807, 2.05) is 12.1 Å². The largest absolute Gasteiger partial charge is 0.497 e. The van der Waals surface area contributed by atoms with Crippen LogP contribution in [0.25, 0.3) is 0 Å². The Kier molecular flexibility index (Phi) is 8.48. The number of rotatable bonds is 8. The molecular formula is C24H27ClF3NO4. The van der Waals surface area contributed by atoms with Gasteiger partial charge in [-0.05, 0) is 60.7 Å². The SMILES string of the molecule is COc1cc(OC)cc(C2CCCN(C[C@H](OC(=O)Cc3ccc(Cl)cc3)C(F)(F)F)C2)c1. The number of carbonyl (C=O) groups is 1. The van der Waals surface area contributed by atoms with E-state index < -0.39 is 24.8 Å². The van der Waals surface area contributed by atoms with E-state index in [1.165, 1.54) is 0 Å². The van der Waals surface area contributed by atoms with Gasteiger partial charge in [0.05, 0.1) is 20.6 Å². The molecule has 0 N–H and O–H groups in total. The van der Waals surface area contributed by atoms with E-state index in [0.29, 0.717) is 35.2 Å². The van der Waals surface area contributed by atoms with E-state index in [2.05, 4.69) is 0 Å². The maximum absolute atomic E-state index is 13.7. The molecule has 33 heavy (non-hydrogen) atoms. The molecule has 1 heterocycles. The number of hydrogen-bond donors (Lipinski definition) is 0. The van der Waals surface area contributed by atoms with Crippen molar-refractivity contribution >= 4 is 17.6 Å². The molecule has 0 radical (unpaired) electrons. The highest BCUT2D eigenvalue weighted by molar-refractivity contribution is 6.30. The summed E-state index contributed by atoms with van der Waals surface area (Å²) in [6.45, 7) is 0.504. The van der Waals surface area contributed by atoms with Crippen molar-refractivity contribution in [3.05, 3.63) is 58.6 Å². The van der Waals surface area contributed by atoms with Crippen LogP contribution in [0.2, 0.25) is 5.02 Å². The van der Waals surface area contributed by atoms with Crippen LogP contribution in [0.3, 0.4) is 0 Å². The van der Waals surface area contributed by atoms with Gasteiger partial charge in [-0.3, -0.25) is 9.69 Å². The van der Waals surface area contributed by atoms with Crippen LogP contribution in [-0.4, -0.2) is 57.0 Å². The Bertz CT molecular complexity index is 914. The molecule has 3 rings (SSSR count). The normalized spacial score (nSPS) is 17.9. The smallest absolute Gasteiger partial charge is 0.426 e. The number of likely N-dealkylation sites (tertiary alicyclic amines) is 1. The van der Waals surface area contributed by atoms with Crippen LogP contribution in [0.4, 0.5) is 13.2 Å². The minimum atomic E-state index is -4.66. The second kappa shape index (κ2) is 11.1. The topological polar surface area (TPSA) is 48.0 Å². The van der Waals surface area contributed by atoms with Gasteiger partial charge in [-0.25, -0.2) is 0 Å². The number of methoxy groups -OCH3 is 2. The highest BCUT2D eigenvalue weighted by Gasteiger charge is 2.44. The minimum absolute atomic E-state index is 0.0152. The van der Waals surface area contributed by atoms with Crippen molar-refractivity contribution in [2.75, 3.05) is 33.9 Å². The number of nitrogens with zero attached hydrogens (tertiary/aromatic N) is 1. The molecule has 1 unspecified atom stereocenters. The van der Waals surface area contributed by atoms with E-state index in [-0.39, 0.29) is 12.3 Å². The Morgan fingerprint density at radius 1 is 1.12 bits per heavy atom. The molecule has 1 saturated heterocycles. The monoisotopic (exact) mass is 485 g/mol. The lowest BCUT2D eigenvalue weighted by atomic mass is 9.90. The van der Waals surface area contributed by atoms with Gasteiger partial charge in [-0.1, -0.05) is 23.7 Å². The third-order valence-electron chi connectivity index (χ3n) is 5.68. The molecule has 180 valence electrons. The number of carbonyl (C=O) groups excluding carboxylic acids is 1. The number of halogens is 4. The van der Waals surface area contributed by atoms with E-state index in [0.717, 1.165) is 18.4 Å². The first kappa shape index (κ1) is 25.2. The van der Waals surface area contributed by atoms with Crippen molar-refractivity contribution in [2.45, 2.75) is 37.5 Å². The van der Waals surface area contributed by atoms with Gasteiger partial charge in [0.15, 0.2) is 0 Å². The van der Waals surface area contributed by atoms with Gasteiger partial charge in [0.1, 0.15) is 11.5 Å². The fraction of sp³-hybridized carbons (Fsp3) is 0.458. The van der Waals surface area contributed by atoms with Gasteiger partial charge in [0, 0.05) is 24.2 Å². The third-order valence-corrected chi connectivity index (χ3v) is 5.93. The molecular weight excluding hydrogens is 459 g/mol. The Labute approximate surface area is 196 Å². The average molecular weight is 486 g/mol. The second-order valence-corrected chi connectivity index (χ2v) is 8.50. The fourth-order valence-electron chi connectivity index (χ4n) is 3.97. The first-order chi connectivity index (χ1) is 15.7. The predicted octanol–water partition coefficient (Wildman–Crippen LogP) is 5.25. The van der Waals surface area contributed by atoms with Crippen LogP contribution >= 0.6 is 11.6 Å². The third kappa shape index (κ3) is 7.27. The average Bonchev–Trinajstić information content (AvgIpc) is 2.79. The Morgan fingerprint density at radius 2 is 1.76 bits per heavy atom. The summed E-state index contributed by atoms with van der Waals surface area (Å²) in [5.74, 6) is 0.351. The van der Waals surface area contributed by atoms with Crippen molar-refractivity contribution in [3.63, 3.8) is 0 Å². The zero-order valence-electron chi connectivity index (χ0n) is 18.5. The highest BCUT2D eigenvalue weighted by Crippen LogP contribution is 2.34. The molecule has 0 spiro atoms. The summed E-state index contributed by atoms with van der Waals surface area (Å²) in [5.41, 5.74) is 1.48. The van der Waals surface area contributed by atoms with E-state index >= 15 is 0 Å². The molecule has 0 aliphatic carbocycles. The van der Waals surface area contributed by atoms with Gasteiger partial charge < -0.3 is 14.2 Å². The molecule has 2 aromatic rings. The number of piperidine rings is 1. The van der Waals surface area contributed by atoms with Crippen molar-refractivity contribution in [3.8, 4) is 11.5 Å². The Hall–Kier alpha value is -2.45. The standard InChI is InChI=1S/C24H27ClF3NO4/c1-31-20-11-18(12-21(13-20)32-2)17-4-3-9-29(14-17)15-22(24(26,27)28)33-23(30)10-16-5-7-19(25)8-6-16/h5-8,11-13,17,22H,3-4,9-10,14-15H2,1-2H3/t17?,22-/m0/s1. The number of benzene rings is 2. The molecule has 1 fully saturated rings. The quantitative estimate of drug-likeness (QED) is 0.478. The summed E-state index contributed by atoms with van der Waals surface area (Å²) in [5, 5.41) is 0.480. The van der Waals surface area contributed by atoms with Gasteiger partial charge in [-0.2, -0.15) is 13.2 Å². The van der Waals surface area contributed by atoms with E-state index in [4.69, 9.17) is 25.8 Å². The molecule has 0 saturated carbocycles. The Morgan fingerprint density at radius 3 is 2.33 bits per heavy atom. The molecule has 2 aromatic carbocycles. The maximum atomic E-state index is 13.7. The lowest BCUT2D eigenvalue weighted by molar-refractivity contribution is -0.224. The zero-order chi connectivity index (χ0) is 24.0. The maximum Gasteiger partial charge on any atom is 0.426 e. The molecule has 0 aromatic heterocycles. The summed E-state index contributed by atoms with van der Waals surface area (Å²) >= 11 is 5.81. The van der Waals surface area contributed by atoms with Crippen molar-refractivity contribution < 1.29 is 32.2 Å². The number of esters is 1. The van der Waals surface area contributed by atoms with E-state index in [9.17, 15) is 18.0 Å². The highest BCUT2D eigenvalue weighted by atomic mass is 35.5. The lowest BCUT2D eigenvalue weighted by Crippen LogP contribution is -2.47. The minimum Gasteiger partial charge on any atom is -0.497 e. The van der Waals surface area contributed by atoms with Crippen LogP contribution in [0.5, 0.6) is 11.5 Å². The Balaban J connectivity index is 1.66. The van der Waals surface area contributed by atoms with E-state index in [1.54, 1.807) is 49.5 Å². The van der Waals surface area contributed by atoms with Gasteiger partial charge in [-0.15, -0.1) is 0 Å². The number of ether oxygens (including phenoxy) is 3. The summed E-state index contributed by atoms with van der Waals surface area (Å²) in [4.78, 5) is 13.9. The number of hydrogen-bond acceptors (Lipinski definition) is 5. The molecule has 9 heteroatoms. The summed E-state index contributed by atoms with van der Waals surface area (Å²) < 4.78 is 56.6. The molecule has 5 nitrogen and oxygen atoms in total. The van der Waals surface area contributed by atoms with Crippen LogP contribution in [0.15, 0.2) is 42.5 Å². The summed E-state index contributed by atoms with van der Waals surface area (Å²) in [6, 6.07) is 11.8. The molecule has 1 aliphatic rings. The molecule has 2 atom stereocenters. The summed E-state index contributed by atoms with van der Waals surface area (Å²) in [6.07, 6.45) is -5.55. The zero-order valence-corrected chi connectivity index (χ0v) is 19.3. The predicted molar refractivity (Wildman–Crippen MR) is 119 cm³/mol. The van der Waals surface area contributed by atoms with Crippen LogP contribution in [0.1, 0.15) is 29.9 Å². The van der Waals surface area contributed by atoms with Crippen molar-refractivity contribution in [1.29, 1.82) is 0 Å². The molecule has 0 bridgehead atoms. The first-order valence-corrected chi connectivity index (χ1v) is 11.0. The van der Waals surface area contributed by atoms with Gasteiger partial charge in [0.25, 0.3) is 0 Å². The molecule has 1 aliphatic heterocycles. The van der Waals surface area contributed by atoms with Crippen molar-refractivity contribution in [2.24, 2.45) is 0 Å². The lowest BCUT2D eigenvalue weighted by Gasteiger charge is -2.35. The summed E-state index contributed by atoms with van der Waals surface area (Å²) in [7, 11) is 3.11. The number of alkyl halides is 3. The van der Waals surface area contributed by atoms with Gasteiger partial charge >= 0.3 is 12.1 Å². The first-order valence-electron chi connectivity index (χ1n) is 10.6. The van der Waals surface area contributed by atoms with Crippen LogP contribution in [0, 0.1) is 0 Å². The second-order valence-electron chi connectivity index (χ2n) is 8.07.